The first-order valence-electron chi connectivity index (χ1n) is 8.07. The van der Waals surface area contributed by atoms with Crippen molar-refractivity contribution in [3.8, 4) is 5.75 Å². The molecule has 0 spiro atoms. The predicted molar refractivity (Wildman–Crippen MR) is 86.6 cm³/mol. The molecule has 1 aliphatic heterocycles. The van der Waals surface area contributed by atoms with E-state index >= 15 is 0 Å². The van der Waals surface area contributed by atoms with Crippen molar-refractivity contribution in [1.29, 1.82) is 0 Å². The van der Waals surface area contributed by atoms with Crippen molar-refractivity contribution in [1.82, 2.24) is 0 Å². The maximum atomic E-state index is 11.6. The highest BCUT2D eigenvalue weighted by Gasteiger charge is 2.33. The molecule has 0 saturated carbocycles. The van der Waals surface area contributed by atoms with Crippen LogP contribution in [-0.2, 0) is 31.8 Å². The molecular weight excluding hydrogens is 296 g/mol. The summed E-state index contributed by atoms with van der Waals surface area (Å²) in [6.07, 6.45) is 1.68. The highest BCUT2D eigenvalue weighted by Crippen LogP contribution is 2.30. The first-order valence-corrected chi connectivity index (χ1v) is 8.07. The van der Waals surface area contributed by atoms with Crippen molar-refractivity contribution < 1.29 is 23.7 Å². The minimum absolute atomic E-state index is 0.0114. The Bertz CT molecular complexity index is 538. The molecule has 1 aromatic rings. The van der Waals surface area contributed by atoms with Crippen LogP contribution in [0.1, 0.15) is 38.3 Å². The van der Waals surface area contributed by atoms with Gasteiger partial charge in [0.05, 0.1) is 26.4 Å². The van der Waals surface area contributed by atoms with Gasteiger partial charge in [-0.3, -0.25) is 4.79 Å². The van der Waals surface area contributed by atoms with Gasteiger partial charge in [-0.05, 0) is 44.4 Å². The normalized spacial score (nSPS) is 19.6. The molecule has 0 aromatic heterocycles. The van der Waals surface area contributed by atoms with E-state index in [1.165, 1.54) is 0 Å². The largest absolute Gasteiger partial charge is 0.496 e. The second kappa shape index (κ2) is 7.79. The minimum atomic E-state index is -0.544. The van der Waals surface area contributed by atoms with Crippen LogP contribution >= 0.6 is 0 Å². The minimum Gasteiger partial charge on any atom is -0.496 e. The molecule has 1 aromatic carbocycles. The monoisotopic (exact) mass is 322 g/mol. The summed E-state index contributed by atoms with van der Waals surface area (Å²) in [6, 6.07) is 5.90. The maximum Gasteiger partial charge on any atom is 0.306 e. The average molecular weight is 322 g/mol. The fourth-order valence-corrected chi connectivity index (χ4v) is 2.83. The molecule has 5 nitrogen and oxygen atoms in total. The molecule has 0 bridgehead atoms. The van der Waals surface area contributed by atoms with Crippen LogP contribution in [-0.4, -0.2) is 38.2 Å². The number of esters is 1. The van der Waals surface area contributed by atoms with Gasteiger partial charge >= 0.3 is 5.97 Å². The Kier molecular flexibility index (Phi) is 6.02. The van der Waals surface area contributed by atoms with Gasteiger partial charge in [0.2, 0.25) is 0 Å². The van der Waals surface area contributed by atoms with Crippen LogP contribution in [0.4, 0.5) is 0 Å². The molecule has 1 aliphatic rings. The van der Waals surface area contributed by atoms with E-state index in [0.717, 1.165) is 16.9 Å². The van der Waals surface area contributed by atoms with Gasteiger partial charge in [-0.25, -0.2) is 0 Å². The number of carbonyl (C=O) groups excluding carboxylic acids is 1. The molecular formula is C18H26O5. The van der Waals surface area contributed by atoms with E-state index in [9.17, 15) is 4.79 Å². The number of aryl methyl sites for hydroxylation is 1. The molecule has 23 heavy (non-hydrogen) atoms. The summed E-state index contributed by atoms with van der Waals surface area (Å²) in [5, 5.41) is 0. The maximum absolute atomic E-state index is 11.6. The van der Waals surface area contributed by atoms with Crippen molar-refractivity contribution in [2.24, 2.45) is 0 Å². The van der Waals surface area contributed by atoms with Crippen molar-refractivity contribution in [2.75, 3.05) is 20.3 Å². The highest BCUT2D eigenvalue weighted by atomic mass is 16.7. The summed E-state index contributed by atoms with van der Waals surface area (Å²) in [4.78, 5) is 11.6. The van der Waals surface area contributed by atoms with E-state index < -0.39 is 5.79 Å². The molecule has 1 unspecified atom stereocenters. The molecule has 0 aliphatic carbocycles. The number of ether oxygens (including phenoxy) is 4. The lowest BCUT2D eigenvalue weighted by molar-refractivity contribution is -0.143. The molecule has 128 valence electrons. The van der Waals surface area contributed by atoms with Gasteiger partial charge < -0.3 is 18.9 Å². The summed E-state index contributed by atoms with van der Waals surface area (Å²) in [7, 11) is 1.66. The van der Waals surface area contributed by atoms with Crippen LogP contribution in [0, 0.1) is 0 Å². The zero-order valence-corrected chi connectivity index (χ0v) is 14.4. The van der Waals surface area contributed by atoms with Gasteiger partial charge in [-0.1, -0.05) is 12.1 Å². The van der Waals surface area contributed by atoms with Crippen LogP contribution in [0.5, 0.6) is 5.75 Å². The average Bonchev–Trinajstić information content (AvgIpc) is 2.85. The van der Waals surface area contributed by atoms with Crippen LogP contribution in [0.25, 0.3) is 0 Å². The first kappa shape index (κ1) is 17.8. The summed E-state index contributed by atoms with van der Waals surface area (Å²) in [5.74, 6) is 0.0973. The third kappa shape index (κ3) is 4.94. The van der Waals surface area contributed by atoms with Crippen molar-refractivity contribution >= 4 is 5.97 Å². The summed E-state index contributed by atoms with van der Waals surface area (Å²) in [6.45, 7) is 6.61. The number of hydrogen-bond donors (Lipinski definition) is 0. The van der Waals surface area contributed by atoms with E-state index in [4.69, 9.17) is 18.9 Å². The van der Waals surface area contributed by atoms with Crippen molar-refractivity contribution in [3.05, 3.63) is 29.3 Å². The molecule has 1 heterocycles. The zero-order valence-electron chi connectivity index (χ0n) is 14.4. The van der Waals surface area contributed by atoms with E-state index in [0.29, 0.717) is 32.5 Å². The van der Waals surface area contributed by atoms with Crippen molar-refractivity contribution in [2.45, 2.75) is 51.9 Å². The summed E-state index contributed by atoms with van der Waals surface area (Å²) < 4.78 is 22.0. The zero-order chi connectivity index (χ0) is 16.9. The standard InChI is InChI=1S/C18H26O5/c1-5-21-17(19)10-9-13-7-6-8-16(20-4)15(13)11-14-12-22-18(2,3)23-14/h6-8,14H,5,9-12H2,1-4H3. The fourth-order valence-electron chi connectivity index (χ4n) is 2.83. The van der Waals surface area contributed by atoms with Gasteiger partial charge in [-0.2, -0.15) is 0 Å². The molecule has 0 radical (unpaired) electrons. The van der Waals surface area contributed by atoms with Gasteiger partial charge in [0, 0.05) is 12.8 Å². The van der Waals surface area contributed by atoms with E-state index in [2.05, 4.69) is 0 Å². The predicted octanol–water partition coefficient (Wildman–Crippen LogP) is 2.88. The van der Waals surface area contributed by atoms with E-state index in [1.54, 1.807) is 7.11 Å². The molecule has 2 rings (SSSR count). The highest BCUT2D eigenvalue weighted by molar-refractivity contribution is 5.69. The Morgan fingerprint density at radius 1 is 1.39 bits per heavy atom. The Morgan fingerprint density at radius 2 is 2.17 bits per heavy atom. The third-order valence-electron chi connectivity index (χ3n) is 3.85. The van der Waals surface area contributed by atoms with E-state index in [-0.39, 0.29) is 12.1 Å². The Balaban J connectivity index is 2.11. The molecule has 1 atom stereocenters. The molecule has 5 heteroatoms. The van der Waals surface area contributed by atoms with Gasteiger partial charge in [-0.15, -0.1) is 0 Å². The molecule has 0 N–H and O–H groups in total. The van der Waals surface area contributed by atoms with Crippen LogP contribution in [0.2, 0.25) is 0 Å². The van der Waals surface area contributed by atoms with Crippen LogP contribution in [0.3, 0.4) is 0 Å². The lowest BCUT2D eigenvalue weighted by atomic mass is 9.97. The Hall–Kier alpha value is -1.59. The summed E-state index contributed by atoms with van der Waals surface area (Å²) in [5.41, 5.74) is 2.16. The third-order valence-corrected chi connectivity index (χ3v) is 3.85. The van der Waals surface area contributed by atoms with Gasteiger partial charge in [0.25, 0.3) is 0 Å². The number of methoxy groups -OCH3 is 1. The first-order chi connectivity index (χ1) is 10.9. The molecule has 1 fully saturated rings. The van der Waals surface area contributed by atoms with Gasteiger partial charge in [0.15, 0.2) is 5.79 Å². The number of hydrogen-bond acceptors (Lipinski definition) is 5. The Morgan fingerprint density at radius 3 is 2.78 bits per heavy atom. The molecule has 1 saturated heterocycles. The second-order valence-electron chi connectivity index (χ2n) is 6.06. The smallest absolute Gasteiger partial charge is 0.306 e. The van der Waals surface area contributed by atoms with Crippen molar-refractivity contribution in [3.63, 3.8) is 0 Å². The lowest BCUT2D eigenvalue weighted by Gasteiger charge is -2.19. The van der Waals surface area contributed by atoms with Crippen LogP contribution in [0.15, 0.2) is 18.2 Å². The lowest BCUT2D eigenvalue weighted by Crippen LogP contribution is -2.23. The SMILES string of the molecule is CCOC(=O)CCc1cccc(OC)c1CC1COC(C)(C)O1. The number of rotatable bonds is 7. The van der Waals surface area contributed by atoms with E-state index in [1.807, 2.05) is 39.0 Å². The summed E-state index contributed by atoms with van der Waals surface area (Å²) >= 11 is 0. The molecule has 0 amide bonds. The van der Waals surface area contributed by atoms with Gasteiger partial charge in [0.1, 0.15) is 5.75 Å². The number of benzene rings is 1. The quantitative estimate of drug-likeness (QED) is 0.723. The Labute approximate surface area is 137 Å². The topological polar surface area (TPSA) is 54.0 Å². The van der Waals surface area contributed by atoms with Crippen LogP contribution < -0.4 is 4.74 Å². The number of carbonyl (C=O) groups is 1. The fraction of sp³-hybridized carbons (Fsp3) is 0.611. The second-order valence-corrected chi connectivity index (χ2v) is 6.06.